The van der Waals surface area contributed by atoms with Crippen LogP contribution >= 0.6 is 0 Å². The number of nitrogens with zero attached hydrogens (tertiary/aromatic N) is 1. The van der Waals surface area contributed by atoms with Crippen molar-refractivity contribution < 1.29 is 9.47 Å². The van der Waals surface area contributed by atoms with Crippen molar-refractivity contribution in [1.82, 2.24) is 4.90 Å². The van der Waals surface area contributed by atoms with E-state index in [-0.39, 0.29) is 6.10 Å². The lowest BCUT2D eigenvalue weighted by Crippen LogP contribution is -2.47. The Labute approximate surface area is 85.3 Å². The molecule has 0 aliphatic carbocycles. The summed E-state index contributed by atoms with van der Waals surface area (Å²) in [6, 6.07) is 0.388. The van der Waals surface area contributed by atoms with Crippen molar-refractivity contribution in [3.63, 3.8) is 0 Å². The fourth-order valence-corrected chi connectivity index (χ4v) is 2.52. The molecule has 3 atom stereocenters. The number of hydrogen-bond acceptors (Lipinski definition) is 4. The first-order chi connectivity index (χ1) is 6.65. The average Bonchev–Trinajstić information content (AvgIpc) is 2.73. The lowest BCUT2D eigenvalue weighted by Gasteiger charge is -2.34. The zero-order chi connectivity index (χ0) is 10.2. The molecule has 0 saturated carbocycles. The van der Waals surface area contributed by atoms with Gasteiger partial charge in [-0.15, -0.1) is 0 Å². The molecule has 2 rings (SSSR count). The topological polar surface area (TPSA) is 47.7 Å². The van der Waals surface area contributed by atoms with Crippen LogP contribution in [-0.2, 0) is 9.47 Å². The summed E-state index contributed by atoms with van der Waals surface area (Å²) in [5, 5.41) is 0. The zero-order valence-corrected chi connectivity index (χ0v) is 9.03. The Morgan fingerprint density at radius 2 is 2.36 bits per heavy atom. The number of rotatable bonds is 2. The van der Waals surface area contributed by atoms with Crippen molar-refractivity contribution in [1.29, 1.82) is 0 Å². The number of likely N-dealkylation sites (tertiary alicyclic amines) is 1. The van der Waals surface area contributed by atoms with E-state index in [2.05, 4.69) is 11.9 Å². The molecule has 0 amide bonds. The first-order valence-electron chi connectivity index (χ1n) is 5.38. The van der Waals surface area contributed by atoms with Gasteiger partial charge in [0.25, 0.3) is 0 Å². The molecule has 14 heavy (non-hydrogen) atoms. The highest BCUT2D eigenvalue weighted by Gasteiger charge is 2.46. The minimum Gasteiger partial charge on any atom is -0.346 e. The average molecular weight is 200 g/mol. The largest absolute Gasteiger partial charge is 0.346 e. The van der Waals surface area contributed by atoms with Gasteiger partial charge >= 0.3 is 0 Å². The second-order valence-corrected chi connectivity index (χ2v) is 4.44. The summed E-state index contributed by atoms with van der Waals surface area (Å²) < 4.78 is 11.6. The van der Waals surface area contributed by atoms with Crippen LogP contribution in [-0.4, -0.2) is 49.6 Å². The summed E-state index contributed by atoms with van der Waals surface area (Å²) in [6.45, 7) is 4.36. The molecule has 0 radical (unpaired) electrons. The van der Waals surface area contributed by atoms with Gasteiger partial charge in [0.05, 0.1) is 18.8 Å². The Balaban J connectivity index is 2.02. The molecule has 82 valence electrons. The molecule has 0 aromatic carbocycles. The molecule has 0 bridgehead atoms. The summed E-state index contributed by atoms with van der Waals surface area (Å²) in [7, 11) is 2.13. The van der Waals surface area contributed by atoms with E-state index >= 15 is 0 Å². The second kappa shape index (κ2) is 3.77. The molecule has 4 nitrogen and oxygen atoms in total. The molecule has 2 heterocycles. The smallest absolute Gasteiger partial charge is 0.181 e. The van der Waals surface area contributed by atoms with Crippen molar-refractivity contribution in [2.45, 2.75) is 37.7 Å². The third-order valence-corrected chi connectivity index (χ3v) is 3.35. The Morgan fingerprint density at radius 3 is 2.86 bits per heavy atom. The lowest BCUT2D eigenvalue weighted by molar-refractivity contribution is -0.188. The lowest BCUT2D eigenvalue weighted by atomic mass is 10.1. The van der Waals surface area contributed by atoms with E-state index in [1.807, 2.05) is 6.92 Å². The summed E-state index contributed by atoms with van der Waals surface area (Å²) >= 11 is 0. The predicted octanol–water partition coefficient (Wildman–Crippen LogP) is 0.171. The van der Waals surface area contributed by atoms with Crippen LogP contribution in [0.5, 0.6) is 0 Å². The van der Waals surface area contributed by atoms with Crippen LogP contribution in [0.3, 0.4) is 0 Å². The van der Waals surface area contributed by atoms with Gasteiger partial charge < -0.3 is 15.2 Å². The summed E-state index contributed by atoms with van der Waals surface area (Å²) in [5.41, 5.74) is 5.57. The monoisotopic (exact) mass is 200 g/mol. The number of nitrogens with two attached hydrogens (primary N) is 1. The number of likely N-dealkylation sites (N-methyl/N-ethyl adjacent to an activating group) is 1. The van der Waals surface area contributed by atoms with Crippen molar-refractivity contribution in [2.24, 2.45) is 5.73 Å². The second-order valence-electron chi connectivity index (χ2n) is 4.44. The highest BCUT2D eigenvalue weighted by atomic mass is 16.7. The third kappa shape index (κ3) is 1.67. The Kier molecular flexibility index (Phi) is 2.79. The number of hydrogen-bond donors (Lipinski definition) is 1. The molecule has 3 unspecified atom stereocenters. The highest BCUT2D eigenvalue weighted by Crippen LogP contribution is 2.34. The molecule has 2 fully saturated rings. The van der Waals surface area contributed by atoms with Gasteiger partial charge in [0.2, 0.25) is 0 Å². The Hall–Kier alpha value is -0.160. The third-order valence-electron chi connectivity index (χ3n) is 3.35. The van der Waals surface area contributed by atoms with Gasteiger partial charge in [0.15, 0.2) is 5.79 Å². The van der Waals surface area contributed by atoms with Crippen LogP contribution in [0.4, 0.5) is 0 Å². The molecule has 2 aliphatic rings. The van der Waals surface area contributed by atoms with Crippen LogP contribution in [0, 0.1) is 0 Å². The molecule has 0 aromatic rings. The van der Waals surface area contributed by atoms with Crippen molar-refractivity contribution in [2.75, 3.05) is 26.7 Å². The fourth-order valence-electron chi connectivity index (χ4n) is 2.52. The normalized spacial score (nSPS) is 44.8. The minimum absolute atomic E-state index is 0.0778. The van der Waals surface area contributed by atoms with E-state index < -0.39 is 5.79 Å². The van der Waals surface area contributed by atoms with Crippen LogP contribution in [0.1, 0.15) is 19.8 Å². The number of ether oxygens (including phenoxy) is 2. The van der Waals surface area contributed by atoms with Crippen LogP contribution < -0.4 is 5.73 Å². The molecule has 2 saturated heterocycles. The SMILES string of the molecule is CN1CCCC1C1(C)OCC(CN)O1. The van der Waals surface area contributed by atoms with E-state index in [4.69, 9.17) is 15.2 Å². The van der Waals surface area contributed by atoms with E-state index in [1.54, 1.807) is 0 Å². The standard InChI is InChI=1S/C10H20N2O2/c1-10(9-4-3-5-12(9)2)13-7-8(6-11)14-10/h8-9H,3-7,11H2,1-2H3. The van der Waals surface area contributed by atoms with Crippen LogP contribution in [0.15, 0.2) is 0 Å². The van der Waals surface area contributed by atoms with E-state index in [0.29, 0.717) is 19.2 Å². The van der Waals surface area contributed by atoms with Gasteiger partial charge in [-0.3, -0.25) is 4.90 Å². The minimum atomic E-state index is -0.435. The van der Waals surface area contributed by atoms with E-state index in [1.165, 1.54) is 6.42 Å². The first-order valence-corrected chi connectivity index (χ1v) is 5.38. The maximum absolute atomic E-state index is 5.86. The van der Waals surface area contributed by atoms with Gasteiger partial charge in [-0.2, -0.15) is 0 Å². The summed E-state index contributed by atoms with van der Waals surface area (Å²) in [6.07, 6.45) is 2.47. The predicted molar refractivity (Wildman–Crippen MR) is 53.9 cm³/mol. The summed E-state index contributed by atoms with van der Waals surface area (Å²) in [5.74, 6) is -0.435. The first kappa shape index (κ1) is 10.4. The van der Waals surface area contributed by atoms with Crippen molar-refractivity contribution in [3.05, 3.63) is 0 Å². The molecule has 4 heteroatoms. The van der Waals surface area contributed by atoms with Crippen LogP contribution in [0.2, 0.25) is 0 Å². The van der Waals surface area contributed by atoms with Gasteiger partial charge in [0.1, 0.15) is 0 Å². The van der Waals surface area contributed by atoms with E-state index in [9.17, 15) is 0 Å². The summed E-state index contributed by atoms with van der Waals surface area (Å²) in [4.78, 5) is 2.32. The fraction of sp³-hybridized carbons (Fsp3) is 1.00. The highest BCUT2D eigenvalue weighted by molar-refractivity contribution is 4.91. The Bertz CT molecular complexity index is 212. The molecule has 2 aliphatic heterocycles. The molecule has 0 aromatic heterocycles. The van der Waals surface area contributed by atoms with Crippen molar-refractivity contribution >= 4 is 0 Å². The molecular formula is C10H20N2O2. The van der Waals surface area contributed by atoms with E-state index in [0.717, 1.165) is 13.0 Å². The Morgan fingerprint density at radius 1 is 1.57 bits per heavy atom. The van der Waals surface area contributed by atoms with Crippen molar-refractivity contribution in [3.8, 4) is 0 Å². The molecule has 0 spiro atoms. The molecular weight excluding hydrogens is 180 g/mol. The maximum atomic E-state index is 5.86. The van der Waals surface area contributed by atoms with Gasteiger partial charge in [-0.05, 0) is 33.4 Å². The van der Waals surface area contributed by atoms with Crippen LogP contribution in [0.25, 0.3) is 0 Å². The molecule has 2 N–H and O–H groups in total. The quantitative estimate of drug-likeness (QED) is 0.690. The maximum Gasteiger partial charge on any atom is 0.181 e. The van der Waals surface area contributed by atoms with Gasteiger partial charge in [-0.25, -0.2) is 0 Å². The van der Waals surface area contributed by atoms with Gasteiger partial charge in [0, 0.05) is 6.54 Å². The van der Waals surface area contributed by atoms with Gasteiger partial charge in [-0.1, -0.05) is 0 Å². The zero-order valence-electron chi connectivity index (χ0n) is 9.03.